The van der Waals surface area contributed by atoms with Gasteiger partial charge in [0, 0.05) is 44.0 Å². The predicted octanol–water partition coefficient (Wildman–Crippen LogP) is 5.59. The van der Waals surface area contributed by atoms with Gasteiger partial charge in [-0.25, -0.2) is 19.7 Å². The number of aromatic nitrogens is 3. The third-order valence-corrected chi connectivity index (χ3v) is 7.72. The van der Waals surface area contributed by atoms with Gasteiger partial charge in [0.05, 0.1) is 21.3 Å². The average molecular weight is 561 g/mol. The zero-order valence-electron chi connectivity index (χ0n) is 20.9. The Hall–Kier alpha value is -3.91. The lowest BCUT2D eigenvalue weighted by atomic mass is 10.2. The van der Waals surface area contributed by atoms with E-state index >= 15 is 0 Å². The molecular weight excluding hydrogens is 536 g/mol. The number of nitrogens with zero attached hydrogens (tertiary/aromatic N) is 4. The van der Waals surface area contributed by atoms with Crippen LogP contribution in [0.5, 0.6) is 11.6 Å². The summed E-state index contributed by atoms with van der Waals surface area (Å²) in [6.45, 7) is 2.18. The molecule has 2 saturated heterocycles. The number of rotatable bonds is 5. The molecule has 3 aromatic heterocycles. The van der Waals surface area contributed by atoms with Crippen molar-refractivity contribution in [3.63, 3.8) is 0 Å². The van der Waals surface area contributed by atoms with Crippen LogP contribution in [-0.4, -0.2) is 57.7 Å². The lowest BCUT2D eigenvalue weighted by Crippen LogP contribution is -2.32. The number of benzene rings is 1. The summed E-state index contributed by atoms with van der Waals surface area (Å²) in [5, 5.41) is 7.98. The van der Waals surface area contributed by atoms with Crippen molar-refractivity contribution in [1.82, 2.24) is 25.2 Å². The van der Waals surface area contributed by atoms with Crippen molar-refractivity contribution in [2.75, 3.05) is 25.0 Å². The maximum Gasteiger partial charge on any atom is 0.410 e. The summed E-state index contributed by atoms with van der Waals surface area (Å²) in [5.41, 5.74) is 0.761. The molecule has 198 valence electrons. The van der Waals surface area contributed by atoms with Crippen LogP contribution >= 0.6 is 22.9 Å². The van der Waals surface area contributed by atoms with Crippen molar-refractivity contribution in [3.8, 4) is 23.5 Å². The average Bonchev–Trinajstić information content (AvgIpc) is 3.71. The number of fused-ring (bicyclic) bond motifs is 1. The molecule has 4 aromatic rings. The van der Waals surface area contributed by atoms with E-state index in [4.69, 9.17) is 21.1 Å². The van der Waals surface area contributed by atoms with Gasteiger partial charge in [0.25, 0.3) is 0 Å². The van der Waals surface area contributed by atoms with Crippen molar-refractivity contribution in [1.29, 1.82) is 0 Å². The first-order chi connectivity index (χ1) is 19.1. The minimum atomic E-state index is -0.215. The van der Waals surface area contributed by atoms with Crippen LogP contribution in [0.1, 0.15) is 24.1 Å². The summed E-state index contributed by atoms with van der Waals surface area (Å²) in [4.78, 5) is 28.8. The van der Waals surface area contributed by atoms with E-state index in [0.29, 0.717) is 35.4 Å². The first-order valence-electron chi connectivity index (χ1n) is 12.7. The second-order valence-corrected chi connectivity index (χ2v) is 10.7. The number of carbonyl (C=O) groups is 1. The first-order valence-corrected chi connectivity index (χ1v) is 13.9. The Bertz CT molecular complexity index is 1550. The van der Waals surface area contributed by atoms with Gasteiger partial charge in [-0.05, 0) is 43.2 Å². The van der Waals surface area contributed by atoms with E-state index in [1.54, 1.807) is 29.3 Å². The molecule has 39 heavy (non-hydrogen) atoms. The number of amides is 1. The van der Waals surface area contributed by atoms with E-state index in [2.05, 4.69) is 37.4 Å². The molecule has 0 saturated carbocycles. The van der Waals surface area contributed by atoms with Crippen LogP contribution in [0.25, 0.3) is 10.2 Å². The number of anilines is 2. The Kier molecular flexibility index (Phi) is 7.45. The van der Waals surface area contributed by atoms with Crippen LogP contribution in [0, 0.1) is 11.8 Å². The van der Waals surface area contributed by atoms with Gasteiger partial charge in [0.15, 0.2) is 0 Å². The van der Waals surface area contributed by atoms with Crippen LogP contribution < -0.4 is 15.4 Å². The maximum absolute atomic E-state index is 12.3. The lowest BCUT2D eigenvalue weighted by molar-refractivity contribution is 0.0763. The monoisotopic (exact) mass is 560 g/mol. The number of ether oxygens (including phenoxy) is 2. The molecular formula is C28H25ClN6O3S. The SMILES string of the molecule is O=C(OC1CN[C@@H](C#Cc2cc3c(Nc4ccc(Oc5ccccn5)c(Cl)c4)ncnc3s2)C1)N1CCCC1. The Balaban J connectivity index is 1.11. The maximum atomic E-state index is 12.3. The van der Waals surface area contributed by atoms with Crippen molar-refractivity contribution < 1.29 is 14.3 Å². The number of pyridine rings is 1. The normalized spacial score (nSPS) is 18.5. The summed E-state index contributed by atoms with van der Waals surface area (Å²) in [6.07, 6.45) is 5.57. The summed E-state index contributed by atoms with van der Waals surface area (Å²) >= 11 is 7.97. The summed E-state index contributed by atoms with van der Waals surface area (Å²) < 4.78 is 11.4. The number of nitrogens with one attached hydrogen (secondary N) is 2. The van der Waals surface area contributed by atoms with E-state index in [1.807, 2.05) is 24.3 Å². The molecule has 1 amide bonds. The third-order valence-electron chi connectivity index (χ3n) is 6.47. The predicted molar refractivity (Wildman–Crippen MR) is 151 cm³/mol. The summed E-state index contributed by atoms with van der Waals surface area (Å²) in [6, 6.07) is 12.8. The molecule has 9 nitrogen and oxygen atoms in total. The minimum absolute atomic E-state index is 0.0377. The summed E-state index contributed by atoms with van der Waals surface area (Å²) in [5.74, 6) is 8.16. The highest BCUT2D eigenvalue weighted by atomic mass is 35.5. The van der Waals surface area contributed by atoms with E-state index in [9.17, 15) is 4.79 Å². The van der Waals surface area contributed by atoms with E-state index in [-0.39, 0.29) is 18.2 Å². The summed E-state index contributed by atoms with van der Waals surface area (Å²) in [7, 11) is 0. The smallest absolute Gasteiger partial charge is 0.410 e. The van der Waals surface area contributed by atoms with Crippen LogP contribution in [0.2, 0.25) is 5.02 Å². The van der Waals surface area contributed by atoms with Crippen molar-refractivity contribution in [2.45, 2.75) is 31.4 Å². The lowest BCUT2D eigenvalue weighted by Gasteiger charge is -2.18. The van der Waals surface area contributed by atoms with E-state index in [1.165, 1.54) is 17.7 Å². The molecule has 2 aliphatic rings. The zero-order chi connectivity index (χ0) is 26.6. The minimum Gasteiger partial charge on any atom is -0.445 e. The van der Waals surface area contributed by atoms with Crippen LogP contribution in [0.3, 0.4) is 0 Å². The highest BCUT2D eigenvalue weighted by molar-refractivity contribution is 7.19. The largest absolute Gasteiger partial charge is 0.445 e. The number of carbonyl (C=O) groups excluding carboxylic acids is 1. The van der Waals surface area contributed by atoms with Gasteiger partial charge in [0.2, 0.25) is 5.88 Å². The quantitative estimate of drug-likeness (QED) is 0.305. The highest BCUT2D eigenvalue weighted by Gasteiger charge is 2.28. The van der Waals surface area contributed by atoms with Crippen LogP contribution in [-0.2, 0) is 4.74 Å². The second kappa shape index (κ2) is 11.5. The fourth-order valence-electron chi connectivity index (χ4n) is 4.51. The first kappa shape index (κ1) is 25.4. The number of hydrogen-bond donors (Lipinski definition) is 2. The molecule has 11 heteroatoms. The standard InChI is InChI=1S/C28H25ClN6O3S/c29-23-14-19(7-9-24(23)38-25-5-1-2-10-30-25)34-26-22-15-21(39-27(22)33-17-32-26)8-6-18-13-20(16-31-18)37-28(36)35-11-3-4-12-35/h1-2,5,7,9-10,14-15,17-18,20,31H,3-4,11-13,16H2,(H,32,33,34)/t18-,20?/m0/s1. The number of hydrogen-bond acceptors (Lipinski definition) is 9. The molecule has 1 unspecified atom stereocenters. The molecule has 0 bridgehead atoms. The second-order valence-electron chi connectivity index (χ2n) is 9.26. The van der Waals surface area contributed by atoms with Gasteiger partial charge >= 0.3 is 6.09 Å². The highest BCUT2D eigenvalue weighted by Crippen LogP contribution is 2.34. The van der Waals surface area contributed by atoms with Crippen LogP contribution in [0.4, 0.5) is 16.3 Å². The molecule has 6 rings (SSSR count). The molecule has 0 spiro atoms. The van der Waals surface area contributed by atoms with Crippen molar-refractivity contribution >= 4 is 50.8 Å². The molecule has 2 aliphatic heterocycles. The molecule has 2 atom stereocenters. The van der Waals surface area contributed by atoms with Gasteiger partial charge in [-0.15, -0.1) is 11.3 Å². The molecule has 0 radical (unpaired) electrons. The molecule has 0 aliphatic carbocycles. The number of thiophene rings is 1. The number of halogens is 1. The fourth-order valence-corrected chi connectivity index (χ4v) is 5.59. The molecule has 2 N–H and O–H groups in total. The molecule has 2 fully saturated rings. The topological polar surface area (TPSA) is 102 Å². The Morgan fingerprint density at radius 1 is 1.15 bits per heavy atom. The van der Waals surface area contributed by atoms with Gasteiger partial charge in [0.1, 0.15) is 28.8 Å². The van der Waals surface area contributed by atoms with E-state index < -0.39 is 0 Å². The Labute approximate surface area is 234 Å². The number of likely N-dealkylation sites (tertiary alicyclic amines) is 1. The third kappa shape index (κ3) is 6.06. The van der Waals surface area contributed by atoms with Crippen molar-refractivity contribution in [2.24, 2.45) is 0 Å². The molecule has 1 aromatic carbocycles. The van der Waals surface area contributed by atoms with Crippen LogP contribution in [0.15, 0.2) is 55.0 Å². The fraction of sp³-hybridized carbons (Fsp3) is 0.286. The van der Waals surface area contributed by atoms with Gasteiger partial charge in [-0.2, -0.15) is 0 Å². The van der Waals surface area contributed by atoms with Gasteiger partial charge < -0.3 is 19.7 Å². The van der Waals surface area contributed by atoms with E-state index in [0.717, 1.165) is 46.7 Å². The Morgan fingerprint density at radius 3 is 2.87 bits per heavy atom. The van der Waals surface area contributed by atoms with Gasteiger partial charge in [-0.1, -0.05) is 29.5 Å². The zero-order valence-corrected chi connectivity index (χ0v) is 22.5. The van der Waals surface area contributed by atoms with Gasteiger partial charge in [-0.3, -0.25) is 5.32 Å². The Morgan fingerprint density at radius 2 is 2.05 bits per heavy atom. The molecule has 5 heterocycles. The van der Waals surface area contributed by atoms with Crippen molar-refractivity contribution in [3.05, 3.63) is 64.9 Å².